The molecule has 9 nitrogen and oxygen atoms in total. The fourth-order valence-corrected chi connectivity index (χ4v) is 2.30. The third-order valence-corrected chi connectivity index (χ3v) is 3.55. The number of sulfonamides is 1. The summed E-state index contributed by atoms with van der Waals surface area (Å²) < 4.78 is 29.4. The molecule has 0 aliphatic heterocycles. The highest BCUT2D eigenvalue weighted by molar-refractivity contribution is 7.88. The van der Waals surface area contributed by atoms with Crippen molar-refractivity contribution in [3.05, 3.63) is 30.0 Å². The summed E-state index contributed by atoms with van der Waals surface area (Å²) in [4.78, 5) is 24.6. The third kappa shape index (κ3) is 4.44. The SMILES string of the molecule is CS(=O)(=O)NCc1cc2ccc(OC(C(=O)O)C(=O)O)cc2[nH]1. The Hall–Kier alpha value is -2.59. The molecule has 0 saturated carbocycles. The van der Waals surface area contributed by atoms with Gasteiger partial charge < -0.3 is 19.9 Å². The number of rotatable bonds is 7. The lowest BCUT2D eigenvalue weighted by Crippen LogP contribution is -2.35. The molecular weight excluding hydrogens is 328 g/mol. The first kappa shape index (κ1) is 16.8. The largest absolute Gasteiger partial charge is 0.478 e. The Morgan fingerprint density at radius 1 is 1.26 bits per heavy atom. The van der Waals surface area contributed by atoms with Crippen LogP contribution < -0.4 is 9.46 Å². The summed E-state index contributed by atoms with van der Waals surface area (Å²) in [6, 6.07) is 6.19. The molecule has 1 heterocycles. The van der Waals surface area contributed by atoms with Crippen molar-refractivity contribution in [1.29, 1.82) is 0 Å². The van der Waals surface area contributed by atoms with Crippen LogP contribution in [0.25, 0.3) is 10.9 Å². The molecule has 0 aliphatic rings. The van der Waals surface area contributed by atoms with Gasteiger partial charge in [-0.3, -0.25) is 0 Å². The van der Waals surface area contributed by atoms with Crippen molar-refractivity contribution in [1.82, 2.24) is 9.71 Å². The summed E-state index contributed by atoms with van der Waals surface area (Å²) in [5, 5.41) is 18.3. The topological polar surface area (TPSA) is 146 Å². The van der Waals surface area contributed by atoms with Crippen LogP contribution in [-0.4, -0.2) is 47.9 Å². The Kier molecular flexibility index (Phi) is 4.57. The van der Waals surface area contributed by atoms with E-state index in [1.165, 1.54) is 12.1 Å². The van der Waals surface area contributed by atoms with Crippen LogP contribution in [-0.2, 0) is 26.2 Å². The Balaban J connectivity index is 2.22. The minimum absolute atomic E-state index is 0.0661. The summed E-state index contributed by atoms with van der Waals surface area (Å²) in [7, 11) is -3.33. The number of hydrogen-bond acceptors (Lipinski definition) is 5. The maximum Gasteiger partial charge on any atom is 0.356 e. The van der Waals surface area contributed by atoms with Crippen LogP contribution >= 0.6 is 0 Å². The molecule has 0 aliphatic carbocycles. The van der Waals surface area contributed by atoms with E-state index in [2.05, 4.69) is 9.71 Å². The van der Waals surface area contributed by atoms with Gasteiger partial charge in [-0.1, -0.05) is 0 Å². The number of aromatic amines is 1. The molecule has 2 rings (SSSR count). The number of carboxylic acids is 2. The summed E-state index contributed by atoms with van der Waals surface area (Å²) in [5.74, 6) is -3.15. The second-order valence-corrected chi connectivity index (χ2v) is 6.64. The summed E-state index contributed by atoms with van der Waals surface area (Å²) in [6.07, 6.45) is -0.965. The lowest BCUT2D eigenvalue weighted by molar-refractivity contribution is -0.159. The molecule has 1 aromatic carbocycles. The summed E-state index contributed by atoms with van der Waals surface area (Å²) >= 11 is 0. The summed E-state index contributed by atoms with van der Waals surface area (Å²) in [5.41, 5.74) is 1.15. The van der Waals surface area contributed by atoms with Crippen molar-refractivity contribution in [2.45, 2.75) is 12.6 Å². The molecule has 0 bridgehead atoms. The van der Waals surface area contributed by atoms with Crippen LogP contribution in [0.1, 0.15) is 5.69 Å². The highest BCUT2D eigenvalue weighted by Gasteiger charge is 2.28. The highest BCUT2D eigenvalue weighted by Crippen LogP contribution is 2.22. The van der Waals surface area contributed by atoms with Gasteiger partial charge >= 0.3 is 11.9 Å². The maximum absolute atomic E-state index is 11.1. The number of hydrogen-bond donors (Lipinski definition) is 4. The standard InChI is InChI=1S/C13H14N2O7S/c1-23(20,21)14-6-8-4-7-2-3-9(5-10(7)15-8)22-11(12(16)17)13(18)19/h2-5,11,14-15H,6H2,1H3,(H,16,17)(H,18,19). The average molecular weight is 342 g/mol. The van der Waals surface area contributed by atoms with E-state index in [-0.39, 0.29) is 12.3 Å². The molecule has 0 fully saturated rings. The Labute approximate surface area is 130 Å². The van der Waals surface area contributed by atoms with E-state index in [4.69, 9.17) is 14.9 Å². The van der Waals surface area contributed by atoms with Crippen molar-refractivity contribution >= 4 is 32.9 Å². The second kappa shape index (κ2) is 6.26. The first-order valence-electron chi connectivity index (χ1n) is 6.34. The molecule has 0 spiro atoms. The van der Waals surface area contributed by atoms with Gasteiger partial charge in [-0.2, -0.15) is 0 Å². The lowest BCUT2D eigenvalue weighted by Gasteiger charge is -2.10. The van der Waals surface area contributed by atoms with Crippen LogP contribution in [0.2, 0.25) is 0 Å². The molecule has 0 radical (unpaired) electrons. The van der Waals surface area contributed by atoms with E-state index in [1.807, 2.05) is 0 Å². The third-order valence-electron chi connectivity index (χ3n) is 2.88. The van der Waals surface area contributed by atoms with Crippen LogP contribution in [0.4, 0.5) is 0 Å². The Morgan fingerprint density at radius 3 is 2.48 bits per heavy atom. The number of ether oxygens (including phenoxy) is 1. The average Bonchev–Trinajstić information content (AvgIpc) is 2.83. The van der Waals surface area contributed by atoms with E-state index in [9.17, 15) is 18.0 Å². The van der Waals surface area contributed by atoms with Crippen molar-refractivity contribution < 1.29 is 33.0 Å². The Bertz CT molecular complexity index is 842. The molecule has 0 saturated heterocycles. The first-order valence-corrected chi connectivity index (χ1v) is 8.23. The fourth-order valence-electron chi connectivity index (χ4n) is 1.89. The molecule has 0 unspecified atom stereocenters. The van der Waals surface area contributed by atoms with Gasteiger partial charge in [0.25, 0.3) is 6.10 Å². The molecule has 4 N–H and O–H groups in total. The van der Waals surface area contributed by atoms with Crippen LogP contribution in [0.3, 0.4) is 0 Å². The van der Waals surface area contributed by atoms with Gasteiger partial charge in [0.1, 0.15) is 5.75 Å². The van der Waals surface area contributed by atoms with Gasteiger partial charge in [0.15, 0.2) is 0 Å². The monoisotopic (exact) mass is 342 g/mol. The minimum atomic E-state index is -3.33. The molecule has 2 aromatic rings. The van der Waals surface area contributed by atoms with E-state index in [0.717, 1.165) is 11.6 Å². The van der Waals surface area contributed by atoms with Crippen LogP contribution in [0, 0.1) is 0 Å². The van der Waals surface area contributed by atoms with Gasteiger partial charge in [-0.05, 0) is 23.6 Å². The van der Waals surface area contributed by atoms with Crippen LogP contribution in [0.5, 0.6) is 5.75 Å². The molecule has 0 amide bonds. The second-order valence-electron chi connectivity index (χ2n) is 4.81. The van der Waals surface area contributed by atoms with Crippen LogP contribution in [0.15, 0.2) is 24.3 Å². The smallest absolute Gasteiger partial charge is 0.356 e. The predicted molar refractivity (Wildman–Crippen MR) is 79.7 cm³/mol. The highest BCUT2D eigenvalue weighted by atomic mass is 32.2. The van der Waals surface area contributed by atoms with E-state index < -0.39 is 28.1 Å². The molecule has 23 heavy (non-hydrogen) atoms. The lowest BCUT2D eigenvalue weighted by atomic mass is 10.2. The summed E-state index contributed by atoms with van der Waals surface area (Å²) in [6.45, 7) is 0.0661. The normalized spacial score (nSPS) is 11.7. The number of H-pyrrole nitrogens is 1. The van der Waals surface area contributed by atoms with E-state index in [0.29, 0.717) is 11.2 Å². The maximum atomic E-state index is 11.1. The van der Waals surface area contributed by atoms with Crippen molar-refractivity contribution in [2.75, 3.05) is 6.26 Å². The van der Waals surface area contributed by atoms with Gasteiger partial charge in [0.05, 0.1) is 12.8 Å². The Morgan fingerprint density at radius 2 is 1.91 bits per heavy atom. The molecule has 1 aromatic heterocycles. The number of fused-ring (bicyclic) bond motifs is 1. The number of aliphatic carboxylic acids is 2. The zero-order valence-corrected chi connectivity index (χ0v) is 12.8. The van der Waals surface area contributed by atoms with Gasteiger partial charge in [-0.15, -0.1) is 0 Å². The van der Waals surface area contributed by atoms with E-state index in [1.54, 1.807) is 12.1 Å². The molecule has 10 heteroatoms. The number of aromatic nitrogens is 1. The van der Waals surface area contributed by atoms with Gasteiger partial charge in [-0.25, -0.2) is 22.7 Å². The quantitative estimate of drug-likeness (QED) is 0.523. The van der Waals surface area contributed by atoms with Crippen molar-refractivity contribution in [3.8, 4) is 5.75 Å². The zero-order chi connectivity index (χ0) is 17.2. The predicted octanol–water partition coefficient (Wildman–Crippen LogP) is 0.134. The van der Waals surface area contributed by atoms with Crippen molar-refractivity contribution in [3.63, 3.8) is 0 Å². The number of carboxylic acid groups (broad SMARTS) is 2. The van der Waals surface area contributed by atoms with Gasteiger partial charge in [0.2, 0.25) is 10.0 Å². The minimum Gasteiger partial charge on any atom is -0.478 e. The number of nitrogens with one attached hydrogen (secondary N) is 2. The van der Waals surface area contributed by atoms with Crippen molar-refractivity contribution in [2.24, 2.45) is 0 Å². The first-order chi connectivity index (χ1) is 10.7. The molecule has 0 atom stereocenters. The van der Waals surface area contributed by atoms with E-state index >= 15 is 0 Å². The fraction of sp³-hybridized carbons (Fsp3) is 0.231. The van der Waals surface area contributed by atoms with Gasteiger partial charge in [0, 0.05) is 17.3 Å². The molecule has 124 valence electrons. The molecular formula is C13H14N2O7S. The number of carbonyl (C=O) groups is 2. The zero-order valence-electron chi connectivity index (χ0n) is 11.9. The number of benzene rings is 1.